The summed E-state index contributed by atoms with van der Waals surface area (Å²) in [7, 11) is 1.57. The normalized spacial score (nSPS) is 18.6. The van der Waals surface area contributed by atoms with Crippen LogP contribution in [0.25, 0.3) is 0 Å². The van der Waals surface area contributed by atoms with E-state index in [0.717, 1.165) is 31.7 Å². The van der Waals surface area contributed by atoms with Gasteiger partial charge in [0.2, 0.25) is 0 Å². The average molecular weight is 293 g/mol. The van der Waals surface area contributed by atoms with Crippen LogP contribution in [-0.4, -0.2) is 61.3 Å². The predicted molar refractivity (Wildman–Crippen MR) is 84.8 cm³/mol. The maximum Gasteiger partial charge on any atom is 0.160 e. The van der Waals surface area contributed by atoms with Crippen LogP contribution in [0.3, 0.4) is 0 Å². The largest absolute Gasteiger partial charge is 0.504 e. The molecule has 1 fully saturated rings. The number of benzene rings is 1. The third-order valence-electron chi connectivity index (χ3n) is 4.20. The van der Waals surface area contributed by atoms with Crippen LogP contribution in [-0.2, 0) is 0 Å². The van der Waals surface area contributed by atoms with Crippen LogP contribution >= 0.6 is 0 Å². The minimum absolute atomic E-state index is 0.171. The lowest BCUT2D eigenvalue weighted by Gasteiger charge is -2.39. The van der Waals surface area contributed by atoms with Crippen molar-refractivity contribution in [2.75, 3.05) is 46.4 Å². The molecule has 0 saturated carbocycles. The summed E-state index contributed by atoms with van der Waals surface area (Å²) in [5, 5.41) is 9.72. The summed E-state index contributed by atoms with van der Waals surface area (Å²) in [5.74, 6) is 0.681. The highest BCUT2D eigenvalue weighted by Gasteiger charge is 2.24. The van der Waals surface area contributed by atoms with Gasteiger partial charge in [-0.25, -0.2) is 0 Å². The number of nitrogens with zero attached hydrogens (tertiary/aromatic N) is 2. The Morgan fingerprint density at radius 3 is 2.57 bits per heavy atom. The number of hydrogen-bond donors (Lipinski definition) is 2. The van der Waals surface area contributed by atoms with Crippen molar-refractivity contribution < 1.29 is 9.84 Å². The number of phenolic OH excluding ortho intramolecular Hbond substituents is 1. The zero-order valence-electron chi connectivity index (χ0n) is 13.1. The van der Waals surface area contributed by atoms with E-state index in [1.807, 2.05) is 12.1 Å². The van der Waals surface area contributed by atoms with Crippen LogP contribution in [0.5, 0.6) is 11.5 Å². The first-order valence-corrected chi connectivity index (χ1v) is 7.73. The molecule has 1 saturated heterocycles. The fraction of sp³-hybridized carbons (Fsp3) is 0.625. The smallest absolute Gasteiger partial charge is 0.160 e. The van der Waals surface area contributed by atoms with E-state index in [9.17, 15) is 5.11 Å². The number of ether oxygens (including phenoxy) is 1. The van der Waals surface area contributed by atoms with Crippen molar-refractivity contribution in [3.05, 3.63) is 23.8 Å². The lowest BCUT2D eigenvalue weighted by molar-refractivity contribution is 0.0984. The van der Waals surface area contributed by atoms with Gasteiger partial charge in [0.1, 0.15) is 0 Å². The van der Waals surface area contributed by atoms with Crippen LogP contribution in [0.1, 0.15) is 24.9 Å². The standard InChI is InChI=1S/C16H27N3O2/c1-3-6-18-7-9-19(10-8-18)14(12-17)13-4-5-15(20)16(11-13)21-2/h4-5,11,14,20H,3,6-10,12,17H2,1-2H3. The molecule has 1 heterocycles. The number of phenols is 1. The number of nitrogens with two attached hydrogens (primary N) is 1. The van der Waals surface area contributed by atoms with E-state index < -0.39 is 0 Å². The lowest BCUT2D eigenvalue weighted by atomic mass is 10.0. The zero-order valence-corrected chi connectivity index (χ0v) is 13.1. The molecule has 118 valence electrons. The van der Waals surface area contributed by atoms with Crippen molar-refractivity contribution in [3.63, 3.8) is 0 Å². The topological polar surface area (TPSA) is 62.0 Å². The van der Waals surface area contributed by atoms with Crippen molar-refractivity contribution in [1.82, 2.24) is 9.80 Å². The molecule has 2 rings (SSSR count). The van der Waals surface area contributed by atoms with E-state index >= 15 is 0 Å². The summed E-state index contributed by atoms with van der Waals surface area (Å²) in [4.78, 5) is 4.93. The Morgan fingerprint density at radius 1 is 1.29 bits per heavy atom. The first-order chi connectivity index (χ1) is 10.2. The molecule has 21 heavy (non-hydrogen) atoms. The number of hydrogen-bond acceptors (Lipinski definition) is 5. The maximum atomic E-state index is 9.72. The monoisotopic (exact) mass is 293 g/mol. The van der Waals surface area contributed by atoms with E-state index in [2.05, 4.69) is 16.7 Å². The molecule has 1 aromatic carbocycles. The van der Waals surface area contributed by atoms with Crippen molar-refractivity contribution >= 4 is 0 Å². The average Bonchev–Trinajstić information content (AvgIpc) is 2.51. The summed E-state index contributed by atoms with van der Waals surface area (Å²) in [6, 6.07) is 5.70. The van der Waals surface area contributed by atoms with Crippen LogP contribution in [0.15, 0.2) is 18.2 Å². The maximum absolute atomic E-state index is 9.72. The van der Waals surface area contributed by atoms with Gasteiger partial charge in [0.25, 0.3) is 0 Å². The van der Waals surface area contributed by atoms with Gasteiger partial charge in [-0.15, -0.1) is 0 Å². The van der Waals surface area contributed by atoms with Gasteiger partial charge in [-0.1, -0.05) is 13.0 Å². The van der Waals surface area contributed by atoms with Crippen LogP contribution in [0, 0.1) is 0 Å². The van der Waals surface area contributed by atoms with Gasteiger partial charge in [-0.2, -0.15) is 0 Å². The number of piperazine rings is 1. The number of rotatable bonds is 6. The zero-order chi connectivity index (χ0) is 15.2. The fourth-order valence-corrected chi connectivity index (χ4v) is 3.01. The molecule has 1 atom stereocenters. The van der Waals surface area contributed by atoms with Gasteiger partial charge in [-0.05, 0) is 30.7 Å². The molecule has 0 spiro atoms. The first kappa shape index (κ1) is 16.1. The van der Waals surface area contributed by atoms with Crippen molar-refractivity contribution in [1.29, 1.82) is 0 Å². The molecule has 3 N–H and O–H groups in total. The van der Waals surface area contributed by atoms with E-state index in [1.54, 1.807) is 13.2 Å². The molecule has 0 bridgehead atoms. The molecule has 5 nitrogen and oxygen atoms in total. The molecule has 0 aromatic heterocycles. The summed E-state index contributed by atoms with van der Waals surface area (Å²) < 4.78 is 5.20. The minimum Gasteiger partial charge on any atom is -0.504 e. The van der Waals surface area contributed by atoms with E-state index in [1.165, 1.54) is 13.0 Å². The Balaban J connectivity index is 2.06. The highest BCUT2D eigenvalue weighted by Crippen LogP contribution is 2.31. The Morgan fingerprint density at radius 2 is 2.00 bits per heavy atom. The Bertz CT molecular complexity index is 445. The minimum atomic E-state index is 0.171. The van der Waals surface area contributed by atoms with Gasteiger partial charge in [0.05, 0.1) is 7.11 Å². The lowest BCUT2D eigenvalue weighted by Crippen LogP contribution is -2.49. The molecule has 0 amide bonds. The molecule has 1 aliphatic heterocycles. The Hall–Kier alpha value is -1.30. The molecular formula is C16H27N3O2. The van der Waals surface area contributed by atoms with Crippen LogP contribution in [0.2, 0.25) is 0 Å². The first-order valence-electron chi connectivity index (χ1n) is 7.73. The van der Waals surface area contributed by atoms with Crippen LogP contribution in [0.4, 0.5) is 0 Å². The number of methoxy groups -OCH3 is 1. The van der Waals surface area contributed by atoms with Gasteiger partial charge >= 0.3 is 0 Å². The second-order valence-corrected chi connectivity index (χ2v) is 5.56. The predicted octanol–water partition coefficient (Wildman–Crippen LogP) is 1.43. The SMILES string of the molecule is CCCN1CCN(C(CN)c2ccc(O)c(OC)c2)CC1. The second kappa shape index (κ2) is 7.64. The summed E-state index contributed by atoms with van der Waals surface area (Å²) in [5.41, 5.74) is 7.11. The molecule has 0 radical (unpaired) electrons. The van der Waals surface area contributed by atoms with Gasteiger partial charge < -0.3 is 20.5 Å². The van der Waals surface area contributed by atoms with E-state index in [4.69, 9.17) is 10.5 Å². The molecule has 0 aliphatic carbocycles. The van der Waals surface area contributed by atoms with Crippen molar-refractivity contribution in [2.24, 2.45) is 5.73 Å². The highest BCUT2D eigenvalue weighted by atomic mass is 16.5. The van der Waals surface area contributed by atoms with Crippen LogP contribution < -0.4 is 10.5 Å². The summed E-state index contributed by atoms with van der Waals surface area (Å²) >= 11 is 0. The highest BCUT2D eigenvalue weighted by molar-refractivity contribution is 5.42. The molecular weight excluding hydrogens is 266 g/mol. The fourth-order valence-electron chi connectivity index (χ4n) is 3.01. The molecule has 1 unspecified atom stereocenters. The van der Waals surface area contributed by atoms with Gasteiger partial charge in [-0.3, -0.25) is 4.90 Å². The van der Waals surface area contributed by atoms with E-state index in [-0.39, 0.29) is 11.8 Å². The second-order valence-electron chi connectivity index (χ2n) is 5.56. The molecule has 1 aliphatic rings. The van der Waals surface area contributed by atoms with Gasteiger partial charge in [0, 0.05) is 38.8 Å². The number of aromatic hydroxyl groups is 1. The third kappa shape index (κ3) is 3.87. The van der Waals surface area contributed by atoms with Crippen molar-refractivity contribution in [2.45, 2.75) is 19.4 Å². The molecule has 1 aromatic rings. The Labute approximate surface area is 127 Å². The van der Waals surface area contributed by atoms with Crippen molar-refractivity contribution in [3.8, 4) is 11.5 Å². The van der Waals surface area contributed by atoms with Gasteiger partial charge in [0.15, 0.2) is 11.5 Å². The molecule has 5 heteroatoms. The summed E-state index contributed by atoms with van der Waals surface area (Å²) in [6.45, 7) is 8.23. The quantitative estimate of drug-likeness (QED) is 0.831. The van der Waals surface area contributed by atoms with E-state index in [0.29, 0.717) is 12.3 Å². The Kier molecular flexibility index (Phi) is 5.85. The summed E-state index contributed by atoms with van der Waals surface area (Å²) in [6.07, 6.45) is 1.20. The third-order valence-corrected chi connectivity index (χ3v) is 4.20.